The van der Waals surface area contributed by atoms with E-state index in [-0.39, 0.29) is 29.2 Å². The van der Waals surface area contributed by atoms with Crippen molar-refractivity contribution >= 4 is 29.6 Å². The highest BCUT2D eigenvalue weighted by atomic mass is 16.6. The highest BCUT2D eigenvalue weighted by Gasteiger charge is 2.13. The number of carbonyl (C=O) groups is 3. The smallest absolute Gasteiger partial charge is 0.343 e. The van der Waals surface area contributed by atoms with Crippen molar-refractivity contribution in [1.82, 2.24) is 0 Å². The first kappa shape index (κ1) is 22.0. The van der Waals surface area contributed by atoms with E-state index in [0.29, 0.717) is 11.3 Å². The van der Waals surface area contributed by atoms with Gasteiger partial charge in [0, 0.05) is 5.69 Å². The zero-order valence-electron chi connectivity index (χ0n) is 16.2. The standard InChI is InChI=1S/C21H18N2O7/c1-28-18-9-13(6-7-17(18)30-12-19(24)29-2)8-15(11-22)20(25)23-16-5-3-4-14(10-16)21(26)27/h3-10H,12H2,1-2H3,(H,23,25)(H,26,27)/b15-8-. The third kappa shape index (κ3) is 5.84. The van der Waals surface area contributed by atoms with Crippen LogP contribution >= 0.6 is 0 Å². The van der Waals surface area contributed by atoms with Gasteiger partial charge in [-0.25, -0.2) is 9.59 Å². The molecule has 0 aromatic heterocycles. The maximum Gasteiger partial charge on any atom is 0.343 e. The van der Waals surface area contributed by atoms with Crippen LogP contribution in [0.4, 0.5) is 5.69 Å². The lowest BCUT2D eigenvalue weighted by Crippen LogP contribution is -2.14. The van der Waals surface area contributed by atoms with Gasteiger partial charge >= 0.3 is 11.9 Å². The molecule has 2 rings (SSSR count). The van der Waals surface area contributed by atoms with Gasteiger partial charge in [-0.15, -0.1) is 0 Å². The average Bonchev–Trinajstić information content (AvgIpc) is 2.75. The van der Waals surface area contributed by atoms with Crippen LogP contribution in [0.5, 0.6) is 11.5 Å². The molecule has 0 fully saturated rings. The molecule has 0 unspecified atom stereocenters. The van der Waals surface area contributed by atoms with E-state index in [9.17, 15) is 19.6 Å². The second-order valence-electron chi connectivity index (χ2n) is 5.79. The summed E-state index contributed by atoms with van der Waals surface area (Å²) < 4.78 is 15.0. The first-order chi connectivity index (χ1) is 14.4. The SMILES string of the molecule is COC(=O)COc1ccc(/C=C(/C#N)C(=O)Nc2cccc(C(=O)O)c2)cc1OC. The molecule has 0 saturated heterocycles. The molecule has 0 atom stereocenters. The Kier molecular flexibility index (Phi) is 7.53. The minimum atomic E-state index is -1.14. The molecule has 0 bridgehead atoms. The maximum absolute atomic E-state index is 12.4. The molecule has 0 radical (unpaired) electrons. The number of benzene rings is 2. The molecule has 0 aliphatic heterocycles. The van der Waals surface area contributed by atoms with E-state index in [1.165, 1.54) is 56.7 Å². The number of amides is 1. The Hall–Kier alpha value is -4.32. The van der Waals surface area contributed by atoms with Crippen LogP contribution in [-0.4, -0.2) is 43.8 Å². The number of ether oxygens (including phenoxy) is 3. The van der Waals surface area contributed by atoms with Crippen LogP contribution in [0, 0.1) is 11.3 Å². The van der Waals surface area contributed by atoms with Crippen molar-refractivity contribution in [2.45, 2.75) is 0 Å². The summed E-state index contributed by atoms with van der Waals surface area (Å²) in [6.45, 7) is -0.302. The lowest BCUT2D eigenvalue weighted by Gasteiger charge is -2.10. The number of anilines is 1. The summed E-state index contributed by atoms with van der Waals surface area (Å²) in [7, 11) is 2.64. The van der Waals surface area contributed by atoms with Crippen LogP contribution in [0.15, 0.2) is 48.0 Å². The fraction of sp³-hybridized carbons (Fsp3) is 0.143. The molecular formula is C21H18N2O7. The summed E-state index contributed by atoms with van der Waals surface area (Å²) in [5.74, 6) is -1.82. The van der Waals surface area contributed by atoms with Gasteiger partial charge in [-0.2, -0.15) is 5.26 Å². The first-order valence-electron chi connectivity index (χ1n) is 8.52. The number of nitriles is 1. The molecule has 0 heterocycles. The van der Waals surface area contributed by atoms with Crippen molar-refractivity contribution in [3.63, 3.8) is 0 Å². The zero-order valence-corrected chi connectivity index (χ0v) is 16.2. The Morgan fingerprint density at radius 3 is 2.53 bits per heavy atom. The summed E-state index contributed by atoms with van der Waals surface area (Å²) in [5, 5.41) is 20.9. The molecule has 0 aliphatic carbocycles. The Morgan fingerprint density at radius 1 is 1.13 bits per heavy atom. The second-order valence-corrected chi connectivity index (χ2v) is 5.79. The predicted octanol–water partition coefficient (Wildman–Crippen LogP) is 2.49. The summed E-state index contributed by atoms with van der Waals surface area (Å²) in [6, 6.07) is 12.1. The number of nitrogens with zero attached hydrogens (tertiary/aromatic N) is 1. The number of rotatable bonds is 8. The lowest BCUT2D eigenvalue weighted by molar-refractivity contribution is -0.142. The number of nitrogens with one attached hydrogen (secondary N) is 1. The molecule has 2 aromatic carbocycles. The summed E-state index contributed by atoms with van der Waals surface area (Å²) in [6.07, 6.45) is 1.34. The number of carboxylic acids is 1. The molecular weight excluding hydrogens is 392 g/mol. The molecule has 154 valence electrons. The van der Waals surface area contributed by atoms with Crippen molar-refractivity contribution in [1.29, 1.82) is 5.26 Å². The minimum absolute atomic E-state index is 0.00238. The predicted molar refractivity (Wildman–Crippen MR) is 106 cm³/mol. The number of methoxy groups -OCH3 is 2. The van der Waals surface area contributed by atoms with Crippen molar-refractivity contribution in [3.05, 3.63) is 59.2 Å². The molecule has 0 aliphatic rings. The Bertz CT molecular complexity index is 1040. The molecule has 30 heavy (non-hydrogen) atoms. The van der Waals surface area contributed by atoms with E-state index >= 15 is 0 Å². The largest absolute Gasteiger partial charge is 0.493 e. The number of carbonyl (C=O) groups excluding carboxylic acids is 2. The van der Waals surface area contributed by atoms with E-state index in [4.69, 9.17) is 14.6 Å². The van der Waals surface area contributed by atoms with Gasteiger partial charge in [-0.05, 0) is 42.0 Å². The molecule has 9 heteroatoms. The average molecular weight is 410 g/mol. The minimum Gasteiger partial charge on any atom is -0.493 e. The Morgan fingerprint density at radius 2 is 1.90 bits per heavy atom. The molecule has 0 spiro atoms. The van der Waals surface area contributed by atoms with Crippen LogP contribution < -0.4 is 14.8 Å². The highest BCUT2D eigenvalue weighted by Crippen LogP contribution is 2.29. The van der Waals surface area contributed by atoms with Crippen molar-refractivity contribution in [2.24, 2.45) is 0 Å². The van der Waals surface area contributed by atoms with Crippen molar-refractivity contribution in [2.75, 3.05) is 26.1 Å². The fourth-order valence-electron chi connectivity index (χ4n) is 2.33. The quantitative estimate of drug-likeness (QED) is 0.385. The Balaban J connectivity index is 2.21. The van der Waals surface area contributed by atoms with E-state index in [0.717, 1.165) is 0 Å². The summed E-state index contributed by atoms with van der Waals surface area (Å²) >= 11 is 0. The van der Waals surface area contributed by atoms with Crippen LogP contribution in [0.1, 0.15) is 15.9 Å². The van der Waals surface area contributed by atoms with Gasteiger partial charge in [0.05, 0.1) is 19.8 Å². The third-order valence-corrected chi connectivity index (χ3v) is 3.80. The van der Waals surface area contributed by atoms with Crippen LogP contribution in [0.3, 0.4) is 0 Å². The lowest BCUT2D eigenvalue weighted by atomic mass is 10.1. The highest BCUT2D eigenvalue weighted by molar-refractivity contribution is 6.10. The summed E-state index contributed by atoms with van der Waals surface area (Å²) in [4.78, 5) is 34.6. The van der Waals surface area contributed by atoms with Gasteiger partial charge in [0.2, 0.25) is 0 Å². The van der Waals surface area contributed by atoms with Gasteiger partial charge < -0.3 is 24.6 Å². The van der Waals surface area contributed by atoms with E-state index in [1.807, 2.05) is 6.07 Å². The fourth-order valence-corrected chi connectivity index (χ4v) is 2.33. The number of esters is 1. The van der Waals surface area contributed by atoms with E-state index in [2.05, 4.69) is 10.1 Å². The number of carboxylic acid groups (broad SMARTS) is 1. The van der Waals surface area contributed by atoms with E-state index in [1.54, 1.807) is 6.07 Å². The molecule has 9 nitrogen and oxygen atoms in total. The number of hydrogen-bond acceptors (Lipinski definition) is 7. The van der Waals surface area contributed by atoms with Crippen LogP contribution in [-0.2, 0) is 14.3 Å². The zero-order chi connectivity index (χ0) is 22.1. The molecule has 2 aromatic rings. The molecule has 0 saturated carbocycles. The number of aromatic carboxylic acids is 1. The first-order valence-corrected chi connectivity index (χ1v) is 8.52. The van der Waals surface area contributed by atoms with Gasteiger partial charge in [0.1, 0.15) is 11.6 Å². The van der Waals surface area contributed by atoms with Gasteiger partial charge in [-0.3, -0.25) is 4.79 Å². The monoisotopic (exact) mass is 410 g/mol. The second kappa shape index (κ2) is 10.3. The number of hydrogen-bond donors (Lipinski definition) is 2. The maximum atomic E-state index is 12.4. The van der Waals surface area contributed by atoms with Gasteiger partial charge in [-0.1, -0.05) is 12.1 Å². The van der Waals surface area contributed by atoms with Crippen molar-refractivity contribution < 1.29 is 33.7 Å². The molecule has 2 N–H and O–H groups in total. The van der Waals surface area contributed by atoms with Gasteiger partial charge in [0.25, 0.3) is 5.91 Å². The van der Waals surface area contributed by atoms with E-state index < -0.39 is 17.8 Å². The normalized spacial score (nSPS) is 10.5. The molecule has 1 amide bonds. The third-order valence-electron chi connectivity index (χ3n) is 3.80. The Labute approximate surface area is 172 Å². The summed E-state index contributed by atoms with van der Waals surface area (Å²) in [5.41, 5.74) is 0.511. The van der Waals surface area contributed by atoms with Crippen molar-refractivity contribution in [3.8, 4) is 17.6 Å². The topological polar surface area (TPSA) is 135 Å². The van der Waals surface area contributed by atoms with Gasteiger partial charge in [0.15, 0.2) is 18.1 Å². The van der Waals surface area contributed by atoms with Crippen LogP contribution in [0.25, 0.3) is 6.08 Å². The van der Waals surface area contributed by atoms with Crippen LogP contribution in [0.2, 0.25) is 0 Å².